The molecule has 64 valence electrons. The Labute approximate surface area is 67.5 Å². The van der Waals surface area contributed by atoms with E-state index in [0.717, 1.165) is 19.4 Å². The number of rotatable bonds is 1. The molecule has 0 aromatic carbocycles. The second-order valence-electron chi connectivity index (χ2n) is 3.54. The first-order valence-corrected chi connectivity index (χ1v) is 4.11. The quantitative estimate of drug-likeness (QED) is 0.589. The second-order valence-corrected chi connectivity index (χ2v) is 3.54. The van der Waals surface area contributed by atoms with Crippen LogP contribution in [0.3, 0.4) is 0 Å². The van der Waals surface area contributed by atoms with Gasteiger partial charge in [-0.3, -0.25) is 9.69 Å². The van der Waals surface area contributed by atoms with Crippen molar-refractivity contribution in [2.24, 2.45) is 11.7 Å². The largest absolute Gasteiger partial charge is 0.368 e. The van der Waals surface area contributed by atoms with Gasteiger partial charge in [0.25, 0.3) is 0 Å². The van der Waals surface area contributed by atoms with Gasteiger partial charge in [0.05, 0.1) is 6.04 Å². The van der Waals surface area contributed by atoms with Crippen molar-refractivity contribution in [1.82, 2.24) is 4.90 Å². The van der Waals surface area contributed by atoms with Crippen molar-refractivity contribution >= 4 is 5.91 Å². The number of likely N-dealkylation sites (tertiary alicyclic amines) is 1. The fraction of sp³-hybridized carbons (Fsp3) is 0.875. The number of nitrogens with zero attached hydrogens (tertiary/aromatic N) is 1. The summed E-state index contributed by atoms with van der Waals surface area (Å²) in [6.45, 7) is 3.20. The number of primary amides is 1. The van der Waals surface area contributed by atoms with Gasteiger partial charge >= 0.3 is 0 Å². The minimum Gasteiger partial charge on any atom is -0.368 e. The van der Waals surface area contributed by atoms with E-state index in [1.807, 2.05) is 7.05 Å². The molecule has 0 spiro atoms. The summed E-state index contributed by atoms with van der Waals surface area (Å²) < 4.78 is 0. The van der Waals surface area contributed by atoms with E-state index in [1.165, 1.54) is 0 Å². The predicted octanol–water partition coefficient (Wildman–Crippen LogP) is 0.202. The predicted molar refractivity (Wildman–Crippen MR) is 44.0 cm³/mol. The summed E-state index contributed by atoms with van der Waals surface area (Å²) in [5.74, 6) is 0.523. The van der Waals surface area contributed by atoms with Crippen LogP contribution in [-0.4, -0.2) is 30.4 Å². The van der Waals surface area contributed by atoms with Crippen LogP contribution in [0, 0.1) is 5.92 Å². The van der Waals surface area contributed by atoms with Crippen LogP contribution >= 0.6 is 0 Å². The SMILES string of the molecule is C[C@@H]1CC[C@@H](C(N)=O)N(C)C1. The average Bonchev–Trinajstić information content (AvgIpc) is 1.85. The second kappa shape index (κ2) is 3.22. The van der Waals surface area contributed by atoms with Gasteiger partial charge in [-0.15, -0.1) is 0 Å². The molecule has 3 nitrogen and oxygen atoms in total. The lowest BCUT2D eigenvalue weighted by atomic mass is 9.94. The van der Waals surface area contributed by atoms with Gasteiger partial charge in [0.1, 0.15) is 0 Å². The molecule has 1 amide bonds. The van der Waals surface area contributed by atoms with Gasteiger partial charge in [-0.2, -0.15) is 0 Å². The van der Waals surface area contributed by atoms with Crippen molar-refractivity contribution in [3.8, 4) is 0 Å². The minimum atomic E-state index is -0.181. The van der Waals surface area contributed by atoms with E-state index in [0.29, 0.717) is 5.92 Å². The molecule has 1 heterocycles. The molecule has 1 fully saturated rings. The molecule has 0 aromatic rings. The van der Waals surface area contributed by atoms with Crippen LogP contribution in [0.5, 0.6) is 0 Å². The highest BCUT2D eigenvalue weighted by molar-refractivity contribution is 5.79. The number of likely N-dealkylation sites (N-methyl/N-ethyl adjacent to an activating group) is 1. The smallest absolute Gasteiger partial charge is 0.234 e. The van der Waals surface area contributed by atoms with Crippen LogP contribution in [0.25, 0.3) is 0 Å². The third-order valence-electron chi connectivity index (χ3n) is 2.39. The van der Waals surface area contributed by atoms with Crippen molar-refractivity contribution < 1.29 is 4.79 Å². The summed E-state index contributed by atoms with van der Waals surface area (Å²) in [7, 11) is 1.96. The maximum Gasteiger partial charge on any atom is 0.234 e. The fourth-order valence-electron chi connectivity index (χ4n) is 1.73. The molecule has 0 radical (unpaired) electrons. The lowest BCUT2D eigenvalue weighted by molar-refractivity contribution is -0.124. The Balaban J connectivity index is 2.50. The molecule has 1 aliphatic heterocycles. The van der Waals surface area contributed by atoms with Gasteiger partial charge in [-0.25, -0.2) is 0 Å². The molecule has 1 aliphatic rings. The Kier molecular flexibility index (Phi) is 2.49. The van der Waals surface area contributed by atoms with E-state index in [1.54, 1.807) is 0 Å². The zero-order valence-corrected chi connectivity index (χ0v) is 7.21. The molecule has 0 aliphatic carbocycles. The summed E-state index contributed by atoms with van der Waals surface area (Å²) in [5.41, 5.74) is 5.22. The molecule has 3 heteroatoms. The van der Waals surface area contributed by atoms with Crippen LogP contribution < -0.4 is 5.73 Å². The summed E-state index contributed by atoms with van der Waals surface area (Å²) >= 11 is 0. The van der Waals surface area contributed by atoms with Gasteiger partial charge < -0.3 is 5.73 Å². The Morgan fingerprint density at radius 2 is 2.18 bits per heavy atom. The first-order valence-electron chi connectivity index (χ1n) is 4.11. The van der Waals surface area contributed by atoms with Gasteiger partial charge in [0, 0.05) is 6.54 Å². The van der Waals surface area contributed by atoms with Gasteiger partial charge in [-0.05, 0) is 25.8 Å². The van der Waals surface area contributed by atoms with Gasteiger partial charge in [0.15, 0.2) is 0 Å². The lowest BCUT2D eigenvalue weighted by Gasteiger charge is -2.33. The van der Waals surface area contributed by atoms with E-state index in [4.69, 9.17) is 5.73 Å². The summed E-state index contributed by atoms with van der Waals surface area (Å²) in [6.07, 6.45) is 2.05. The molecular formula is C8H16N2O. The Bertz CT molecular complexity index is 158. The van der Waals surface area contributed by atoms with Gasteiger partial charge in [0.2, 0.25) is 5.91 Å². The number of hydrogen-bond donors (Lipinski definition) is 1. The van der Waals surface area contributed by atoms with Crippen molar-refractivity contribution in [3.63, 3.8) is 0 Å². The van der Waals surface area contributed by atoms with Crippen molar-refractivity contribution in [1.29, 1.82) is 0 Å². The normalized spacial score (nSPS) is 33.6. The number of carbonyl (C=O) groups excluding carboxylic acids is 1. The molecule has 0 bridgehead atoms. The lowest BCUT2D eigenvalue weighted by Crippen LogP contribution is -2.47. The van der Waals surface area contributed by atoms with Gasteiger partial charge in [-0.1, -0.05) is 6.92 Å². The zero-order chi connectivity index (χ0) is 8.43. The highest BCUT2D eigenvalue weighted by atomic mass is 16.1. The third-order valence-corrected chi connectivity index (χ3v) is 2.39. The number of carbonyl (C=O) groups is 1. The highest BCUT2D eigenvalue weighted by Gasteiger charge is 2.26. The molecule has 1 rings (SSSR count). The number of amides is 1. The van der Waals surface area contributed by atoms with Crippen molar-refractivity contribution in [2.75, 3.05) is 13.6 Å². The minimum absolute atomic E-state index is 0.0220. The number of hydrogen-bond acceptors (Lipinski definition) is 2. The molecule has 2 N–H and O–H groups in total. The van der Waals surface area contributed by atoms with Crippen LogP contribution in [0.4, 0.5) is 0 Å². The summed E-state index contributed by atoms with van der Waals surface area (Å²) in [6, 6.07) is -0.0220. The van der Waals surface area contributed by atoms with E-state index in [2.05, 4.69) is 11.8 Å². The van der Waals surface area contributed by atoms with E-state index in [-0.39, 0.29) is 11.9 Å². The molecule has 0 aromatic heterocycles. The van der Waals surface area contributed by atoms with Crippen LogP contribution in [-0.2, 0) is 4.79 Å². The molecular weight excluding hydrogens is 140 g/mol. The maximum atomic E-state index is 10.9. The topological polar surface area (TPSA) is 46.3 Å². The molecule has 0 unspecified atom stereocenters. The van der Waals surface area contributed by atoms with E-state index >= 15 is 0 Å². The van der Waals surface area contributed by atoms with Crippen LogP contribution in [0.1, 0.15) is 19.8 Å². The first kappa shape index (κ1) is 8.53. The number of nitrogens with two attached hydrogens (primary N) is 1. The Hall–Kier alpha value is -0.570. The third kappa shape index (κ3) is 1.93. The Morgan fingerprint density at radius 3 is 2.64 bits per heavy atom. The molecule has 1 saturated heterocycles. The maximum absolute atomic E-state index is 10.9. The van der Waals surface area contributed by atoms with Crippen molar-refractivity contribution in [3.05, 3.63) is 0 Å². The van der Waals surface area contributed by atoms with Crippen LogP contribution in [0.2, 0.25) is 0 Å². The summed E-state index contributed by atoms with van der Waals surface area (Å²) in [5, 5.41) is 0. The first-order chi connectivity index (χ1) is 5.11. The highest BCUT2D eigenvalue weighted by Crippen LogP contribution is 2.19. The zero-order valence-electron chi connectivity index (χ0n) is 7.21. The number of piperidine rings is 1. The average molecular weight is 156 g/mol. The fourth-order valence-corrected chi connectivity index (χ4v) is 1.73. The Morgan fingerprint density at radius 1 is 1.55 bits per heavy atom. The summed E-state index contributed by atoms with van der Waals surface area (Å²) in [4.78, 5) is 12.9. The monoisotopic (exact) mass is 156 g/mol. The standard InChI is InChI=1S/C8H16N2O/c1-6-3-4-7(8(9)11)10(2)5-6/h6-7H,3-5H2,1-2H3,(H2,9,11)/t6-,7+/m1/s1. The molecule has 0 saturated carbocycles. The van der Waals surface area contributed by atoms with Crippen LogP contribution in [0.15, 0.2) is 0 Å². The molecule has 2 atom stereocenters. The molecule has 11 heavy (non-hydrogen) atoms. The van der Waals surface area contributed by atoms with E-state index in [9.17, 15) is 4.79 Å². The van der Waals surface area contributed by atoms with E-state index < -0.39 is 0 Å². The van der Waals surface area contributed by atoms with Crippen molar-refractivity contribution in [2.45, 2.75) is 25.8 Å².